The van der Waals surface area contributed by atoms with Crippen LogP contribution in [0.15, 0.2) is 36.4 Å². The average molecular weight is 620 g/mol. The molecular formula is C31H39BrO8. The summed E-state index contributed by atoms with van der Waals surface area (Å²) in [6.45, 7) is 14.4. The zero-order valence-corrected chi connectivity index (χ0v) is 26.0. The van der Waals surface area contributed by atoms with Gasteiger partial charge in [0.25, 0.3) is 0 Å². The molecule has 0 fully saturated rings. The largest absolute Gasteiger partial charge is 0.485 e. The molecule has 0 aliphatic carbocycles. The van der Waals surface area contributed by atoms with E-state index in [-0.39, 0.29) is 42.0 Å². The van der Waals surface area contributed by atoms with Crippen molar-refractivity contribution in [1.82, 2.24) is 0 Å². The molecule has 1 unspecified atom stereocenters. The van der Waals surface area contributed by atoms with Crippen molar-refractivity contribution < 1.29 is 38.1 Å². The lowest BCUT2D eigenvalue weighted by atomic mass is 9.69. The molecule has 2 rings (SSSR count). The SMILES string of the molecule is CCC(=O)Oc1cc(OC(=O)C(C)(C)C(C)(C)CBr)cc(OC(CC=O)c2ccc(OC(=O)C(C)C)cc2)c1C. The van der Waals surface area contributed by atoms with Crippen molar-refractivity contribution in [2.45, 2.75) is 74.3 Å². The summed E-state index contributed by atoms with van der Waals surface area (Å²) < 4.78 is 22.9. The van der Waals surface area contributed by atoms with Crippen LogP contribution in [0.3, 0.4) is 0 Å². The van der Waals surface area contributed by atoms with E-state index in [1.807, 2.05) is 27.7 Å². The second-order valence-corrected chi connectivity index (χ2v) is 11.6. The fourth-order valence-corrected chi connectivity index (χ4v) is 3.98. The van der Waals surface area contributed by atoms with Gasteiger partial charge in [-0.3, -0.25) is 14.4 Å². The van der Waals surface area contributed by atoms with Gasteiger partial charge in [0, 0.05) is 35.9 Å². The van der Waals surface area contributed by atoms with Crippen LogP contribution in [0.5, 0.6) is 23.0 Å². The molecule has 1 atom stereocenters. The van der Waals surface area contributed by atoms with Crippen molar-refractivity contribution in [2.75, 3.05) is 5.33 Å². The molecule has 0 saturated heterocycles. The highest BCUT2D eigenvalue weighted by Crippen LogP contribution is 2.42. The Balaban J connectivity index is 2.46. The van der Waals surface area contributed by atoms with Gasteiger partial charge in [-0.05, 0) is 43.9 Å². The van der Waals surface area contributed by atoms with E-state index in [0.29, 0.717) is 22.2 Å². The van der Waals surface area contributed by atoms with Crippen molar-refractivity contribution in [3.8, 4) is 23.0 Å². The molecule has 0 saturated carbocycles. The number of aldehydes is 1. The van der Waals surface area contributed by atoms with Gasteiger partial charge < -0.3 is 23.7 Å². The van der Waals surface area contributed by atoms with Crippen molar-refractivity contribution in [2.24, 2.45) is 16.7 Å². The summed E-state index contributed by atoms with van der Waals surface area (Å²) in [6.07, 6.45) is 0.189. The van der Waals surface area contributed by atoms with E-state index in [4.69, 9.17) is 18.9 Å². The van der Waals surface area contributed by atoms with Crippen LogP contribution in [-0.2, 0) is 19.2 Å². The Kier molecular flexibility index (Phi) is 11.5. The van der Waals surface area contributed by atoms with Gasteiger partial charge in [0.1, 0.15) is 35.4 Å². The van der Waals surface area contributed by atoms with Gasteiger partial charge in [0.05, 0.1) is 11.3 Å². The molecular weight excluding hydrogens is 580 g/mol. The van der Waals surface area contributed by atoms with Crippen molar-refractivity contribution in [3.05, 3.63) is 47.5 Å². The van der Waals surface area contributed by atoms with Crippen LogP contribution in [0.4, 0.5) is 0 Å². The third kappa shape index (κ3) is 8.16. The maximum atomic E-state index is 13.2. The summed E-state index contributed by atoms with van der Waals surface area (Å²) in [5.74, 6) is -0.572. The molecule has 0 N–H and O–H groups in total. The van der Waals surface area contributed by atoms with E-state index in [1.165, 1.54) is 6.07 Å². The van der Waals surface area contributed by atoms with Gasteiger partial charge in [-0.1, -0.05) is 62.7 Å². The molecule has 0 aliphatic rings. The Morgan fingerprint density at radius 2 is 1.52 bits per heavy atom. The van der Waals surface area contributed by atoms with Crippen LogP contribution in [-0.4, -0.2) is 29.5 Å². The number of alkyl halides is 1. The second kappa shape index (κ2) is 13.9. The van der Waals surface area contributed by atoms with E-state index < -0.39 is 28.9 Å². The van der Waals surface area contributed by atoms with E-state index in [1.54, 1.807) is 58.0 Å². The smallest absolute Gasteiger partial charge is 0.317 e. The van der Waals surface area contributed by atoms with Crippen LogP contribution in [0, 0.1) is 23.7 Å². The first-order valence-electron chi connectivity index (χ1n) is 13.2. The number of carbonyl (C=O) groups excluding carboxylic acids is 4. The van der Waals surface area contributed by atoms with E-state index in [2.05, 4.69) is 15.9 Å². The van der Waals surface area contributed by atoms with Crippen molar-refractivity contribution >= 4 is 40.1 Å². The van der Waals surface area contributed by atoms with Gasteiger partial charge in [0.15, 0.2) is 0 Å². The molecule has 0 bridgehead atoms. The highest BCUT2D eigenvalue weighted by atomic mass is 79.9. The second-order valence-electron chi connectivity index (χ2n) is 11.1. The number of benzene rings is 2. The third-order valence-corrected chi connectivity index (χ3v) is 8.47. The summed E-state index contributed by atoms with van der Waals surface area (Å²) >= 11 is 3.48. The van der Waals surface area contributed by atoms with Gasteiger partial charge in [-0.2, -0.15) is 0 Å². The minimum atomic E-state index is -0.858. The molecule has 0 amide bonds. The third-order valence-electron chi connectivity index (χ3n) is 7.07. The summed E-state index contributed by atoms with van der Waals surface area (Å²) in [4.78, 5) is 48.9. The highest BCUT2D eigenvalue weighted by molar-refractivity contribution is 9.09. The number of rotatable bonds is 13. The number of esters is 3. The average Bonchev–Trinajstić information content (AvgIpc) is 2.90. The Morgan fingerprint density at radius 1 is 0.925 bits per heavy atom. The van der Waals surface area contributed by atoms with E-state index in [0.717, 1.165) is 6.29 Å². The molecule has 0 heterocycles. The first-order chi connectivity index (χ1) is 18.7. The molecule has 8 nitrogen and oxygen atoms in total. The van der Waals surface area contributed by atoms with Crippen LogP contribution in [0.25, 0.3) is 0 Å². The molecule has 0 aromatic heterocycles. The number of carbonyl (C=O) groups is 4. The molecule has 2 aromatic rings. The van der Waals surface area contributed by atoms with Crippen LogP contribution < -0.4 is 18.9 Å². The van der Waals surface area contributed by atoms with Crippen molar-refractivity contribution in [1.29, 1.82) is 0 Å². The normalized spacial score (nSPS) is 12.4. The zero-order chi connectivity index (χ0) is 30.3. The Hall–Kier alpha value is -3.20. The Labute approximate surface area is 244 Å². The first-order valence-corrected chi connectivity index (χ1v) is 14.3. The molecule has 9 heteroatoms. The monoisotopic (exact) mass is 618 g/mol. The standard InChI is InChI=1S/C31H39BrO8/c1-9-27(34)40-26-17-23(38-29(36)31(7,8)30(5,6)18-32)16-25(20(26)4)39-24(14-15-33)21-10-12-22(13-11-21)37-28(35)19(2)3/h10-13,15-17,19,24H,9,14,18H2,1-8H3. The predicted octanol–water partition coefficient (Wildman–Crippen LogP) is 6.93. The fraction of sp³-hybridized carbons (Fsp3) is 0.484. The topological polar surface area (TPSA) is 105 Å². The summed E-state index contributed by atoms with van der Waals surface area (Å²) in [5, 5.41) is 0.576. The molecule has 0 radical (unpaired) electrons. The maximum absolute atomic E-state index is 13.2. The van der Waals surface area contributed by atoms with Crippen LogP contribution >= 0.6 is 15.9 Å². The fourth-order valence-electron chi connectivity index (χ4n) is 3.28. The molecule has 0 spiro atoms. The van der Waals surface area contributed by atoms with Crippen molar-refractivity contribution in [3.63, 3.8) is 0 Å². The summed E-state index contributed by atoms with van der Waals surface area (Å²) in [7, 11) is 0. The molecule has 40 heavy (non-hydrogen) atoms. The maximum Gasteiger partial charge on any atom is 0.317 e. The number of hydrogen-bond donors (Lipinski definition) is 0. The highest BCUT2D eigenvalue weighted by Gasteiger charge is 2.44. The zero-order valence-electron chi connectivity index (χ0n) is 24.5. The van der Waals surface area contributed by atoms with Gasteiger partial charge >= 0.3 is 17.9 Å². The lowest BCUT2D eigenvalue weighted by Gasteiger charge is -2.38. The van der Waals surface area contributed by atoms with Crippen LogP contribution in [0.2, 0.25) is 0 Å². The van der Waals surface area contributed by atoms with Gasteiger partial charge in [-0.25, -0.2) is 0 Å². The first kappa shape index (κ1) is 33.0. The number of ether oxygens (including phenoxy) is 4. The Morgan fingerprint density at radius 3 is 2.05 bits per heavy atom. The molecule has 218 valence electrons. The van der Waals surface area contributed by atoms with Gasteiger partial charge in [0.2, 0.25) is 0 Å². The predicted molar refractivity (Wildman–Crippen MR) is 155 cm³/mol. The molecule has 0 aliphatic heterocycles. The van der Waals surface area contributed by atoms with Crippen LogP contribution in [0.1, 0.15) is 78.5 Å². The van der Waals surface area contributed by atoms with E-state index in [9.17, 15) is 19.2 Å². The quantitative estimate of drug-likeness (QED) is 0.103. The summed E-state index contributed by atoms with van der Waals surface area (Å²) in [5.41, 5.74) is -0.120. The number of halogens is 1. The van der Waals surface area contributed by atoms with Gasteiger partial charge in [-0.15, -0.1) is 0 Å². The molecule has 2 aromatic carbocycles. The van der Waals surface area contributed by atoms with E-state index >= 15 is 0 Å². The minimum Gasteiger partial charge on any atom is -0.485 e. The summed E-state index contributed by atoms with van der Waals surface area (Å²) in [6, 6.07) is 9.70. The Bertz CT molecular complexity index is 1210. The minimum absolute atomic E-state index is 0.0190. The lowest BCUT2D eigenvalue weighted by molar-refractivity contribution is -0.149. The lowest BCUT2D eigenvalue weighted by Crippen LogP contribution is -2.43. The number of hydrogen-bond acceptors (Lipinski definition) is 8.